The number of amides is 1. The first-order valence-electron chi connectivity index (χ1n) is 16.7. The summed E-state index contributed by atoms with van der Waals surface area (Å²) in [6, 6.07) is 29.0. The van der Waals surface area contributed by atoms with Crippen LogP contribution in [0.3, 0.4) is 0 Å². The van der Waals surface area contributed by atoms with Crippen LogP contribution in [0.2, 0.25) is 0 Å². The highest BCUT2D eigenvalue weighted by molar-refractivity contribution is 7.86. The van der Waals surface area contributed by atoms with E-state index in [2.05, 4.69) is 34.7 Å². The third-order valence-electron chi connectivity index (χ3n) is 8.41. The van der Waals surface area contributed by atoms with Crippen molar-refractivity contribution in [1.29, 1.82) is 0 Å². The van der Waals surface area contributed by atoms with Crippen LogP contribution in [0.15, 0.2) is 113 Å². The van der Waals surface area contributed by atoms with Crippen molar-refractivity contribution in [3.05, 3.63) is 114 Å². The zero-order valence-electron chi connectivity index (χ0n) is 28.8. The number of benzene rings is 3. The fraction of sp³-hybridized carbons (Fsp3) is 0.231. The molecule has 12 nitrogen and oxygen atoms in total. The van der Waals surface area contributed by atoms with Crippen LogP contribution >= 0.6 is 0 Å². The summed E-state index contributed by atoms with van der Waals surface area (Å²) in [5, 5.41) is 7.00. The Hall–Kier alpha value is -5.79. The van der Waals surface area contributed by atoms with Gasteiger partial charge in [0.15, 0.2) is 11.5 Å². The standard InChI is InChI=1S/C39H39N5O7S/c1-39(2,25-41-38(45)30-15-17-36(40-23-30)44-42-24-29-12-6-7-13-35(29)52(46,47)48)18-8-9-19-49-37-22-31(20-32(43-37)27-10-4-3-5-11-27)28-14-16-33-34(21-28)51-26-50-33/h3-7,10-17,20-24H,8-9,18-19,25-26H2,1-2H3,(H,40,44)(H,41,45)(H,46,47,48)/b42-24+. The molecule has 52 heavy (non-hydrogen) atoms. The van der Waals surface area contributed by atoms with Gasteiger partial charge in [0.1, 0.15) is 10.7 Å². The smallest absolute Gasteiger partial charge is 0.295 e. The molecule has 0 unspecified atom stereocenters. The van der Waals surface area contributed by atoms with Gasteiger partial charge in [-0.25, -0.2) is 9.97 Å². The molecule has 0 aliphatic carbocycles. The maximum Gasteiger partial charge on any atom is 0.295 e. The second-order valence-electron chi connectivity index (χ2n) is 13.0. The van der Waals surface area contributed by atoms with Crippen molar-refractivity contribution in [2.45, 2.75) is 38.0 Å². The number of hydrazone groups is 1. The number of aromatic nitrogens is 2. The summed E-state index contributed by atoms with van der Waals surface area (Å²) < 4.78 is 49.8. The Kier molecular flexibility index (Phi) is 11.1. The molecule has 1 aliphatic rings. The zero-order valence-corrected chi connectivity index (χ0v) is 29.6. The minimum Gasteiger partial charge on any atom is -0.478 e. The Morgan fingerprint density at radius 1 is 0.923 bits per heavy atom. The lowest BCUT2D eigenvalue weighted by atomic mass is 9.87. The van der Waals surface area contributed by atoms with Gasteiger partial charge in [0, 0.05) is 29.9 Å². The molecule has 0 bridgehead atoms. The van der Waals surface area contributed by atoms with Crippen LogP contribution in [0.4, 0.5) is 5.82 Å². The Morgan fingerprint density at radius 2 is 1.71 bits per heavy atom. The normalized spacial score (nSPS) is 12.5. The Bertz CT molecular complexity index is 2160. The van der Waals surface area contributed by atoms with Crippen LogP contribution in [-0.4, -0.2) is 55.0 Å². The van der Waals surface area contributed by atoms with Gasteiger partial charge >= 0.3 is 0 Å². The van der Waals surface area contributed by atoms with Crippen LogP contribution < -0.4 is 25.0 Å². The molecule has 0 spiro atoms. The van der Waals surface area contributed by atoms with Crippen molar-refractivity contribution < 1.29 is 32.0 Å². The summed E-state index contributed by atoms with van der Waals surface area (Å²) in [6.07, 6.45) is 5.28. The average Bonchev–Trinajstić information content (AvgIpc) is 3.62. The van der Waals surface area contributed by atoms with Crippen molar-refractivity contribution in [3.63, 3.8) is 0 Å². The minimum absolute atomic E-state index is 0.157. The predicted octanol–water partition coefficient (Wildman–Crippen LogP) is 7.24. The highest BCUT2D eigenvalue weighted by Gasteiger charge is 2.20. The maximum atomic E-state index is 12.9. The van der Waals surface area contributed by atoms with Crippen LogP contribution in [0.25, 0.3) is 22.4 Å². The second kappa shape index (κ2) is 16.0. The summed E-state index contributed by atoms with van der Waals surface area (Å²) in [5.41, 5.74) is 6.89. The van der Waals surface area contributed by atoms with Crippen molar-refractivity contribution >= 4 is 28.1 Å². The summed E-state index contributed by atoms with van der Waals surface area (Å²) in [5.74, 6) is 2.10. The maximum absolute atomic E-state index is 12.9. The molecule has 1 aliphatic heterocycles. The predicted molar refractivity (Wildman–Crippen MR) is 198 cm³/mol. The van der Waals surface area contributed by atoms with Crippen LogP contribution in [-0.2, 0) is 10.1 Å². The highest BCUT2D eigenvalue weighted by Crippen LogP contribution is 2.37. The van der Waals surface area contributed by atoms with E-state index >= 15 is 0 Å². The third-order valence-corrected chi connectivity index (χ3v) is 9.34. The van der Waals surface area contributed by atoms with Gasteiger partial charge in [-0.1, -0.05) is 68.4 Å². The van der Waals surface area contributed by atoms with Gasteiger partial charge in [-0.15, -0.1) is 0 Å². The van der Waals surface area contributed by atoms with Gasteiger partial charge in [0.05, 0.1) is 24.1 Å². The SMILES string of the molecule is CC(C)(CCCCOc1cc(-c2ccc3c(c2)OCO3)cc(-c2ccccc2)n1)CNC(=O)c1ccc(N/N=C/c2ccccc2S(=O)(=O)O)nc1. The van der Waals surface area contributed by atoms with Gasteiger partial charge in [-0.3, -0.25) is 14.8 Å². The zero-order chi connectivity index (χ0) is 36.6. The molecule has 3 aromatic carbocycles. The number of fused-ring (bicyclic) bond motifs is 1. The molecule has 2 aromatic heterocycles. The fourth-order valence-electron chi connectivity index (χ4n) is 5.56. The molecule has 0 radical (unpaired) electrons. The Morgan fingerprint density at radius 3 is 2.50 bits per heavy atom. The number of pyridine rings is 2. The average molecular weight is 722 g/mol. The summed E-state index contributed by atoms with van der Waals surface area (Å²) in [7, 11) is -4.39. The molecule has 0 saturated carbocycles. The lowest BCUT2D eigenvalue weighted by molar-refractivity contribution is 0.0933. The lowest BCUT2D eigenvalue weighted by Crippen LogP contribution is -2.34. The van der Waals surface area contributed by atoms with Gasteiger partial charge in [-0.2, -0.15) is 13.5 Å². The van der Waals surface area contributed by atoms with E-state index in [1.54, 1.807) is 18.2 Å². The molecule has 3 heterocycles. The molecule has 0 saturated heterocycles. The second-order valence-corrected chi connectivity index (χ2v) is 14.4. The van der Waals surface area contributed by atoms with Crippen molar-refractivity contribution in [3.8, 4) is 39.8 Å². The van der Waals surface area contributed by atoms with E-state index in [9.17, 15) is 17.8 Å². The molecule has 268 valence electrons. The van der Waals surface area contributed by atoms with Crippen molar-refractivity contribution in [2.75, 3.05) is 25.4 Å². The van der Waals surface area contributed by atoms with Crippen molar-refractivity contribution in [1.82, 2.24) is 15.3 Å². The van der Waals surface area contributed by atoms with Crippen LogP contribution in [0.1, 0.15) is 49.0 Å². The van der Waals surface area contributed by atoms with E-state index < -0.39 is 10.1 Å². The van der Waals surface area contributed by atoms with Gasteiger partial charge in [-0.05, 0) is 72.2 Å². The van der Waals surface area contributed by atoms with E-state index in [0.29, 0.717) is 36.2 Å². The molecule has 0 fully saturated rings. The van der Waals surface area contributed by atoms with E-state index in [1.807, 2.05) is 60.7 Å². The molecule has 6 rings (SSSR count). The Balaban J connectivity index is 0.973. The monoisotopic (exact) mass is 721 g/mol. The van der Waals surface area contributed by atoms with E-state index in [4.69, 9.17) is 19.2 Å². The summed E-state index contributed by atoms with van der Waals surface area (Å²) >= 11 is 0. The molecule has 5 aromatic rings. The Labute approximate surface area is 302 Å². The van der Waals surface area contributed by atoms with Gasteiger partial charge in [0.2, 0.25) is 12.7 Å². The molecule has 0 atom stereocenters. The first-order valence-corrected chi connectivity index (χ1v) is 18.2. The number of anilines is 1. The van der Waals surface area contributed by atoms with Gasteiger partial charge in [0.25, 0.3) is 16.0 Å². The number of carbonyl (C=O) groups is 1. The van der Waals surface area contributed by atoms with Crippen molar-refractivity contribution in [2.24, 2.45) is 10.5 Å². The number of unbranched alkanes of at least 4 members (excludes halogenated alkanes) is 1. The molecular formula is C39H39N5O7S. The number of ether oxygens (including phenoxy) is 3. The first kappa shape index (κ1) is 36.0. The van der Waals surface area contributed by atoms with E-state index in [-0.39, 0.29) is 28.6 Å². The number of carbonyl (C=O) groups excluding carboxylic acids is 1. The number of nitrogens with zero attached hydrogens (tertiary/aromatic N) is 3. The summed E-state index contributed by atoms with van der Waals surface area (Å²) in [6.45, 7) is 5.41. The molecule has 3 N–H and O–H groups in total. The largest absolute Gasteiger partial charge is 0.478 e. The van der Waals surface area contributed by atoms with E-state index in [0.717, 1.165) is 47.4 Å². The topological polar surface area (TPSA) is 161 Å². The fourth-order valence-corrected chi connectivity index (χ4v) is 6.22. The first-order chi connectivity index (χ1) is 25.0. The van der Waals surface area contributed by atoms with Gasteiger partial charge < -0.3 is 19.5 Å². The molecule has 13 heteroatoms. The van der Waals surface area contributed by atoms with Crippen LogP contribution in [0.5, 0.6) is 17.4 Å². The lowest BCUT2D eigenvalue weighted by Gasteiger charge is -2.25. The highest BCUT2D eigenvalue weighted by atomic mass is 32.2. The number of nitrogens with one attached hydrogen (secondary N) is 2. The number of rotatable bonds is 15. The third kappa shape index (κ3) is 9.50. The quantitative estimate of drug-likeness (QED) is 0.0435. The minimum atomic E-state index is -4.39. The molecular weight excluding hydrogens is 683 g/mol. The number of hydrogen-bond acceptors (Lipinski definition) is 10. The van der Waals surface area contributed by atoms with Crippen LogP contribution in [0, 0.1) is 5.41 Å². The summed E-state index contributed by atoms with van der Waals surface area (Å²) in [4.78, 5) is 21.6. The van der Waals surface area contributed by atoms with E-state index in [1.165, 1.54) is 30.6 Å². The number of hydrogen-bond donors (Lipinski definition) is 3. The molecule has 1 amide bonds.